The Morgan fingerprint density at radius 2 is 2.10 bits per heavy atom. The van der Waals surface area contributed by atoms with Crippen LogP contribution in [0.1, 0.15) is 12.8 Å². The standard InChI is InChI=1S/C12H15N3O5S/c13-21(19,20)9-4-1-3-8(7-9)14-12(18)15-6-2-5-10(15)11(16)17/h1,3-4,7,10H,2,5-6H2,(H,14,18)(H,16,17)(H2,13,19,20)/t10-/m1/s1. The van der Waals surface area contributed by atoms with E-state index in [1.54, 1.807) is 0 Å². The lowest BCUT2D eigenvalue weighted by Gasteiger charge is -2.21. The summed E-state index contributed by atoms with van der Waals surface area (Å²) in [5.41, 5.74) is 0.238. The number of urea groups is 1. The van der Waals surface area contributed by atoms with Crippen molar-refractivity contribution in [2.75, 3.05) is 11.9 Å². The number of likely N-dealkylation sites (tertiary alicyclic amines) is 1. The minimum atomic E-state index is -3.86. The fourth-order valence-electron chi connectivity index (χ4n) is 2.21. The number of nitrogens with two attached hydrogens (primary N) is 1. The maximum atomic E-state index is 12.1. The van der Waals surface area contributed by atoms with Crippen molar-refractivity contribution in [2.45, 2.75) is 23.8 Å². The van der Waals surface area contributed by atoms with Crippen molar-refractivity contribution in [3.63, 3.8) is 0 Å². The molecule has 0 unspecified atom stereocenters. The highest BCUT2D eigenvalue weighted by Crippen LogP contribution is 2.20. The summed E-state index contributed by atoms with van der Waals surface area (Å²) in [5, 5.41) is 16.5. The summed E-state index contributed by atoms with van der Waals surface area (Å²) < 4.78 is 22.5. The molecule has 0 saturated carbocycles. The van der Waals surface area contributed by atoms with Gasteiger partial charge in [0.25, 0.3) is 0 Å². The molecule has 0 aliphatic carbocycles. The first-order valence-corrected chi connectivity index (χ1v) is 7.77. The van der Waals surface area contributed by atoms with Crippen LogP contribution < -0.4 is 10.5 Å². The van der Waals surface area contributed by atoms with Crippen molar-refractivity contribution in [3.05, 3.63) is 24.3 Å². The Labute approximate surface area is 121 Å². The van der Waals surface area contributed by atoms with Crippen LogP contribution in [0.2, 0.25) is 0 Å². The van der Waals surface area contributed by atoms with Crippen LogP contribution in [0.3, 0.4) is 0 Å². The van der Waals surface area contributed by atoms with E-state index in [-0.39, 0.29) is 10.6 Å². The van der Waals surface area contributed by atoms with Crippen LogP contribution in [-0.4, -0.2) is 43.0 Å². The van der Waals surface area contributed by atoms with Crippen LogP contribution in [0.15, 0.2) is 29.2 Å². The number of sulfonamides is 1. The molecule has 9 heteroatoms. The molecule has 1 aromatic carbocycles. The lowest BCUT2D eigenvalue weighted by molar-refractivity contribution is -0.141. The van der Waals surface area contributed by atoms with Gasteiger partial charge in [-0.3, -0.25) is 0 Å². The van der Waals surface area contributed by atoms with Gasteiger partial charge in [0, 0.05) is 12.2 Å². The third-order valence-corrected chi connectivity index (χ3v) is 4.12. The van der Waals surface area contributed by atoms with Gasteiger partial charge in [-0.05, 0) is 31.0 Å². The summed E-state index contributed by atoms with van der Waals surface area (Å²) in [4.78, 5) is 24.2. The lowest BCUT2D eigenvalue weighted by Crippen LogP contribution is -2.42. The summed E-state index contributed by atoms with van der Waals surface area (Å²) in [6, 6.07) is 4.03. The normalized spacial score (nSPS) is 18.5. The average molecular weight is 313 g/mol. The molecule has 114 valence electrons. The van der Waals surface area contributed by atoms with E-state index in [1.165, 1.54) is 29.2 Å². The first-order valence-electron chi connectivity index (χ1n) is 6.22. The van der Waals surface area contributed by atoms with Gasteiger partial charge in [0.05, 0.1) is 4.90 Å². The molecular formula is C12H15N3O5S. The van der Waals surface area contributed by atoms with E-state index >= 15 is 0 Å². The van der Waals surface area contributed by atoms with Gasteiger partial charge >= 0.3 is 12.0 Å². The average Bonchev–Trinajstić information content (AvgIpc) is 2.87. The molecule has 21 heavy (non-hydrogen) atoms. The van der Waals surface area contributed by atoms with Gasteiger partial charge in [-0.15, -0.1) is 0 Å². The van der Waals surface area contributed by atoms with E-state index in [0.29, 0.717) is 19.4 Å². The summed E-state index contributed by atoms with van der Waals surface area (Å²) in [7, 11) is -3.86. The van der Waals surface area contributed by atoms with Gasteiger partial charge in [0.15, 0.2) is 0 Å². The zero-order valence-electron chi connectivity index (χ0n) is 11.0. The van der Waals surface area contributed by atoms with Gasteiger partial charge in [-0.25, -0.2) is 23.1 Å². The first kappa shape index (κ1) is 15.3. The van der Waals surface area contributed by atoms with Crippen LogP contribution in [0.25, 0.3) is 0 Å². The van der Waals surface area contributed by atoms with E-state index in [2.05, 4.69) is 5.32 Å². The highest BCUT2D eigenvalue weighted by Gasteiger charge is 2.34. The van der Waals surface area contributed by atoms with Crippen molar-refractivity contribution in [1.29, 1.82) is 0 Å². The number of carbonyl (C=O) groups excluding carboxylic acids is 1. The van der Waals surface area contributed by atoms with Crippen molar-refractivity contribution < 1.29 is 23.1 Å². The van der Waals surface area contributed by atoms with Gasteiger partial charge in [-0.1, -0.05) is 6.07 Å². The van der Waals surface area contributed by atoms with Crippen LogP contribution in [0.4, 0.5) is 10.5 Å². The van der Waals surface area contributed by atoms with Crippen LogP contribution in [0.5, 0.6) is 0 Å². The number of carboxylic acid groups (broad SMARTS) is 1. The Hall–Kier alpha value is -2.13. The third kappa shape index (κ3) is 3.50. The molecule has 1 heterocycles. The van der Waals surface area contributed by atoms with Crippen LogP contribution >= 0.6 is 0 Å². The molecule has 0 aromatic heterocycles. The maximum Gasteiger partial charge on any atom is 0.326 e. The number of amides is 2. The Morgan fingerprint density at radius 1 is 1.38 bits per heavy atom. The first-order chi connectivity index (χ1) is 9.79. The molecule has 1 fully saturated rings. The highest BCUT2D eigenvalue weighted by molar-refractivity contribution is 7.89. The molecule has 1 aliphatic rings. The third-order valence-electron chi connectivity index (χ3n) is 3.21. The van der Waals surface area contributed by atoms with E-state index in [0.717, 1.165) is 0 Å². The quantitative estimate of drug-likeness (QED) is 0.744. The monoisotopic (exact) mass is 313 g/mol. The Balaban J connectivity index is 2.15. The zero-order valence-corrected chi connectivity index (χ0v) is 11.8. The lowest BCUT2D eigenvalue weighted by atomic mass is 10.2. The second-order valence-corrected chi connectivity index (χ2v) is 6.25. The second-order valence-electron chi connectivity index (χ2n) is 4.69. The number of rotatable bonds is 3. The molecule has 0 spiro atoms. The van der Waals surface area contributed by atoms with E-state index in [4.69, 9.17) is 10.2 Å². The molecule has 1 atom stereocenters. The number of nitrogens with zero attached hydrogens (tertiary/aromatic N) is 1. The minimum absolute atomic E-state index is 0.128. The second kappa shape index (κ2) is 5.70. The topological polar surface area (TPSA) is 130 Å². The molecule has 2 amide bonds. The molecule has 2 rings (SSSR count). The molecule has 8 nitrogen and oxygen atoms in total. The van der Waals surface area contributed by atoms with E-state index < -0.39 is 28.1 Å². The van der Waals surface area contributed by atoms with Gasteiger partial charge in [0.1, 0.15) is 6.04 Å². The summed E-state index contributed by atoms with van der Waals surface area (Å²) >= 11 is 0. The molecular weight excluding hydrogens is 298 g/mol. The van der Waals surface area contributed by atoms with Gasteiger partial charge in [-0.2, -0.15) is 0 Å². The Morgan fingerprint density at radius 3 is 2.71 bits per heavy atom. The fraction of sp³-hybridized carbons (Fsp3) is 0.333. The van der Waals surface area contributed by atoms with E-state index in [9.17, 15) is 18.0 Å². The molecule has 0 bridgehead atoms. The molecule has 1 aliphatic heterocycles. The summed E-state index contributed by atoms with van der Waals surface area (Å²) in [6.45, 7) is 0.345. The van der Waals surface area contributed by atoms with Gasteiger partial charge in [0.2, 0.25) is 10.0 Å². The number of hydrogen-bond acceptors (Lipinski definition) is 4. The number of aliphatic carboxylic acids is 1. The summed E-state index contributed by atoms with van der Waals surface area (Å²) in [5.74, 6) is -1.05. The fourth-order valence-corrected chi connectivity index (χ4v) is 2.77. The van der Waals surface area contributed by atoms with Crippen LogP contribution in [-0.2, 0) is 14.8 Å². The number of carboxylic acids is 1. The van der Waals surface area contributed by atoms with Crippen molar-refractivity contribution in [1.82, 2.24) is 4.90 Å². The Bertz CT molecular complexity index is 673. The molecule has 1 aromatic rings. The largest absolute Gasteiger partial charge is 0.480 e. The van der Waals surface area contributed by atoms with Crippen molar-refractivity contribution in [2.24, 2.45) is 5.14 Å². The molecule has 4 N–H and O–H groups in total. The predicted octanol–water partition coefficient (Wildman–Crippen LogP) is 0.415. The zero-order chi connectivity index (χ0) is 15.6. The van der Waals surface area contributed by atoms with Crippen molar-refractivity contribution >= 4 is 27.7 Å². The Kier molecular flexibility index (Phi) is 4.14. The minimum Gasteiger partial charge on any atom is -0.480 e. The number of nitrogens with one attached hydrogen (secondary N) is 1. The molecule has 0 radical (unpaired) electrons. The molecule has 1 saturated heterocycles. The highest BCUT2D eigenvalue weighted by atomic mass is 32.2. The smallest absolute Gasteiger partial charge is 0.326 e. The number of benzene rings is 1. The summed E-state index contributed by atoms with van der Waals surface area (Å²) in [6.07, 6.45) is 1.02. The van der Waals surface area contributed by atoms with Crippen LogP contribution in [0, 0.1) is 0 Å². The van der Waals surface area contributed by atoms with Crippen molar-refractivity contribution in [3.8, 4) is 0 Å². The number of hydrogen-bond donors (Lipinski definition) is 3. The van der Waals surface area contributed by atoms with Gasteiger partial charge < -0.3 is 15.3 Å². The number of anilines is 1. The SMILES string of the molecule is NS(=O)(=O)c1cccc(NC(=O)N2CCC[C@@H]2C(=O)O)c1. The number of primary sulfonamides is 1. The van der Waals surface area contributed by atoms with E-state index in [1.807, 2.05) is 0 Å². The number of carbonyl (C=O) groups is 2. The maximum absolute atomic E-state index is 12.1. The predicted molar refractivity (Wildman–Crippen MR) is 74.2 cm³/mol.